The summed E-state index contributed by atoms with van der Waals surface area (Å²) in [4.78, 5) is 2.32. The number of nitrogens with two attached hydrogens (primary N) is 1. The van der Waals surface area contributed by atoms with Gasteiger partial charge >= 0.3 is 0 Å². The van der Waals surface area contributed by atoms with Crippen LogP contribution >= 0.6 is 23.2 Å². The number of nitrogens with zero attached hydrogens (tertiary/aromatic N) is 1. The Balaban J connectivity index is 2.20. The second-order valence-electron chi connectivity index (χ2n) is 4.49. The number of halogens is 2. The van der Waals surface area contributed by atoms with Crippen LogP contribution in [-0.2, 0) is 11.3 Å². The zero-order valence-corrected chi connectivity index (χ0v) is 12.0. The topological polar surface area (TPSA) is 38.5 Å². The summed E-state index contributed by atoms with van der Waals surface area (Å²) in [5, 5.41) is 1.54. The van der Waals surface area contributed by atoms with Gasteiger partial charge in [-0.1, -0.05) is 23.2 Å². The maximum absolute atomic E-state index is 6.28. The van der Waals surface area contributed by atoms with Crippen LogP contribution in [0.2, 0.25) is 10.0 Å². The molecule has 0 aliphatic carbocycles. The van der Waals surface area contributed by atoms with Crippen LogP contribution in [0.5, 0.6) is 0 Å². The second-order valence-corrected chi connectivity index (χ2v) is 5.30. The minimum Gasteiger partial charge on any atom is -0.385 e. The fourth-order valence-electron chi connectivity index (χ4n) is 2.54. The highest BCUT2D eigenvalue weighted by atomic mass is 35.5. The Hall–Kier alpha value is -0.320. The molecular weight excluding hydrogens is 271 g/mol. The van der Waals surface area contributed by atoms with E-state index in [0.717, 1.165) is 47.3 Å². The molecule has 0 aromatic heterocycles. The normalized spacial score (nSPS) is 19.2. The Morgan fingerprint density at radius 3 is 2.78 bits per heavy atom. The van der Waals surface area contributed by atoms with Crippen LogP contribution in [0, 0.1) is 0 Å². The molecule has 2 rings (SSSR count). The molecule has 1 aromatic carbocycles. The third-order valence-electron chi connectivity index (χ3n) is 3.40. The summed E-state index contributed by atoms with van der Waals surface area (Å²) in [6.45, 7) is 3.07. The van der Waals surface area contributed by atoms with Gasteiger partial charge in [-0.3, -0.25) is 4.90 Å². The summed E-state index contributed by atoms with van der Waals surface area (Å²) in [5.41, 5.74) is 8.11. The first-order valence-corrected chi connectivity index (χ1v) is 6.84. The summed E-state index contributed by atoms with van der Waals surface area (Å²) >= 11 is 12.5. The van der Waals surface area contributed by atoms with E-state index in [4.69, 9.17) is 33.7 Å². The van der Waals surface area contributed by atoms with Gasteiger partial charge in [0.25, 0.3) is 0 Å². The highest BCUT2D eigenvalue weighted by Gasteiger charge is 2.32. The Morgan fingerprint density at radius 1 is 1.39 bits per heavy atom. The van der Waals surface area contributed by atoms with E-state index in [9.17, 15) is 0 Å². The number of rotatable bonds is 5. The smallest absolute Gasteiger partial charge is 0.0492 e. The molecule has 1 unspecified atom stereocenters. The summed E-state index contributed by atoms with van der Waals surface area (Å²) in [7, 11) is 1.72. The minimum atomic E-state index is 0.169. The molecule has 1 atom stereocenters. The molecule has 0 spiro atoms. The second kappa shape index (κ2) is 6.22. The molecule has 0 amide bonds. The van der Waals surface area contributed by atoms with E-state index in [1.54, 1.807) is 7.11 Å². The quantitative estimate of drug-likeness (QED) is 0.847. The van der Waals surface area contributed by atoms with Crippen molar-refractivity contribution >= 4 is 23.2 Å². The van der Waals surface area contributed by atoms with Crippen LogP contribution in [0.15, 0.2) is 12.1 Å². The standard InChI is InChI=1S/C13H18Cl2N2O/c1-18-6-2-5-17-8-9-10(14)3-4-11(15)13(9)12(17)7-16/h3-4,12H,2,5-8,16H2,1H3. The van der Waals surface area contributed by atoms with Crippen molar-refractivity contribution in [3.05, 3.63) is 33.3 Å². The van der Waals surface area contributed by atoms with Gasteiger partial charge in [0, 0.05) is 49.4 Å². The van der Waals surface area contributed by atoms with Crippen LogP contribution in [0.1, 0.15) is 23.6 Å². The lowest BCUT2D eigenvalue weighted by Crippen LogP contribution is -2.29. The lowest BCUT2D eigenvalue weighted by molar-refractivity contribution is 0.156. The lowest BCUT2D eigenvalue weighted by Gasteiger charge is -2.23. The van der Waals surface area contributed by atoms with Gasteiger partial charge in [0.1, 0.15) is 0 Å². The minimum absolute atomic E-state index is 0.169. The SMILES string of the molecule is COCCCN1Cc2c(Cl)ccc(Cl)c2C1CN. The fourth-order valence-corrected chi connectivity index (χ4v) is 3.07. The van der Waals surface area contributed by atoms with Crippen LogP contribution < -0.4 is 5.73 Å². The highest BCUT2D eigenvalue weighted by molar-refractivity contribution is 6.34. The van der Waals surface area contributed by atoms with Crippen molar-refractivity contribution in [3.63, 3.8) is 0 Å². The number of fused-ring (bicyclic) bond motifs is 1. The van der Waals surface area contributed by atoms with Gasteiger partial charge in [-0.05, 0) is 29.7 Å². The number of benzene rings is 1. The van der Waals surface area contributed by atoms with Gasteiger partial charge in [0.15, 0.2) is 0 Å². The van der Waals surface area contributed by atoms with E-state index in [0.29, 0.717) is 6.54 Å². The van der Waals surface area contributed by atoms with Crippen molar-refractivity contribution in [2.75, 3.05) is 26.8 Å². The van der Waals surface area contributed by atoms with Gasteiger partial charge < -0.3 is 10.5 Å². The predicted octanol–water partition coefficient (Wildman–Crippen LogP) is 2.85. The van der Waals surface area contributed by atoms with Crippen LogP contribution in [0.4, 0.5) is 0 Å². The molecular formula is C13H18Cl2N2O. The molecule has 1 aliphatic rings. The Morgan fingerprint density at radius 2 is 2.11 bits per heavy atom. The Bertz CT molecular complexity index is 426. The third-order valence-corrected chi connectivity index (χ3v) is 4.08. The first-order chi connectivity index (χ1) is 8.69. The average molecular weight is 289 g/mol. The van der Waals surface area contributed by atoms with E-state index in [2.05, 4.69) is 4.90 Å². The van der Waals surface area contributed by atoms with Gasteiger partial charge in [0.05, 0.1) is 0 Å². The van der Waals surface area contributed by atoms with Crippen molar-refractivity contribution in [3.8, 4) is 0 Å². The molecule has 3 nitrogen and oxygen atoms in total. The van der Waals surface area contributed by atoms with Crippen molar-refractivity contribution < 1.29 is 4.74 Å². The molecule has 0 saturated heterocycles. The summed E-state index contributed by atoms with van der Waals surface area (Å²) < 4.78 is 5.09. The maximum atomic E-state index is 6.28. The van der Waals surface area contributed by atoms with Crippen LogP contribution in [0.3, 0.4) is 0 Å². The predicted molar refractivity (Wildman–Crippen MR) is 75.2 cm³/mol. The molecule has 100 valence electrons. The molecule has 1 aliphatic heterocycles. The monoisotopic (exact) mass is 288 g/mol. The number of hydrogen-bond acceptors (Lipinski definition) is 3. The van der Waals surface area contributed by atoms with E-state index in [-0.39, 0.29) is 6.04 Å². The van der Waals surface area contributed by atoms with Gasteiger partial charge in [-0.2, -0.15) is 0 Å². The molecule has 0 bridgehead atoms. The third kappa shape index (κ3) is 2.65. The summed E-state index contributed by atoms with van der Waals surface area (Å²) in [5.74, 6) is 0. The first-order valence-electron chi connectivity index (χ1n) is 6.08. The number of ether oxygens (including phenoxy) is 1. The molecule has 18 heavy (non-hydrogen) atoms. The largest absolute Gasteiger partial charge is 0.385 e. The number of hydrogen-bond donors (Lipinski definition) is 1. The van der Waals surface area contributed by atoms with E-state index >= 15 is 0 Å². The highest BCUT2D eigenvalue weighted by Crippen LogP contribution is 2.41. The molecule has 0 fully saturated rings. The van der Waals surface area contributed by atoms with Crippen LogP contribution in [0.25, 0.3) is 0 Å². The van der Waals surface area contributed by atoms with Crippen molar-refractivity contribution in [2.45, 2.75) is 19.0 Å². The van der Waals surface area contributed by atoms with Gasteiger partial charge in [-0.25, -0.2) is 0 Å². The van der Waals surface area contributed by atoms with E-state index < -0.39 is 0 Å². The summed E-state index contributed by atoms with van der Waals surface area (Å²) in [6.07, 6.45) is 0.982. The number of methoxy groups -OCH3 is 1. The molecule has 0 radical (unpaired) electrons. The maximum Gasteiger partial charge on any atom is 0.0492 e. The molecule has 1 heterocycles. The Kier molecular flexibility index (Phi) is 4.87. The van der Waals surface area contributed by atoms with Crippen molar-refractivity contribution in [1.29, 1.82) is 0 Å². The van der Waals surface area contributed by atoms with Gasteiger partial charge in [0.2, 0.25) is 0 Å². The first kappa shape index (κ1) is 14.1. The van der Waals surface area contributed by atoms with Gasteiger partial charge in [-0.15, -0.1) is 0 Å². The molecule has 1 aromatic rings. The molecule has 5 heteroatoms. The fraction of sp³-hybridized carbons (Fsp3) is 0.538. The van der Waals surface area contributed by atoms with E-state index in [1.165, 1.54) is 0 Å². The van der Waals surface area contributed by atoms with Crippen molar-refractivity contribution in [1.82, 2.24) is 4.90 Å². The van der Waals surface area contributed by atoms with E-state index in [1.807, 2.05) is 12.1 Å². The molecule has 2 N–H and O–H groups in total. The Labute approximate surface area is 118 Å². The molecule has 0 saturated carbocycles. The van der Waals surface area contributed by atoms with Crippen molar-refractivity contribution in [2.24, 2.45) is 5.73 Å². The van der Waals surface area contributed by atoms with Crippen LogP contribution in [-0.4, -0.2) is 31.7 Å². The zero-order valence-electron chi connectivity index (χ0n) is 10.5. The lowest BCUT2D eigenvalue weighted by atomic mass is 10.0. The summed E-state index contributed by atoms with van der Waals surface area (Å²) in [6, 6.07) is 3.88. The zero-order chi connectivity index (χ0) is 13.1. The average Bonchev–Trinajstić information content (AvgIpc) is 2.74.